The second-order valence-electron chi connectivity index (χ2n) is 9.39. The fraction of sp³-hybridized carbons (Fsp3) is 0.219. The highest BCUT2D eigenvalue weighted by molar-refractivity contribution is 7.07. The van der Waals surface area contributed by atoms with Gasteiger partial charge < -0.3 is 18.9 Å². The number of fused-ring (bicyclic) bond motifs is 1. The number of halogens is 2. The van der Waals surface area contributed by atoms with Gasteiger partial charge in [-0.3, -0.25) is 9.36 Å². The molecule has 0 unspecified atom stereocenters. The molecule has 4 aromatic rings. The summed E-state index contributed by atoms with van der Waals surface area (Å²) in [6, 6.07) is 19.1. The molecule has 1 atom stereocenters. The molecule has 0 amide bonds. The molecule has 5 rings (SSSR count). The molecule has 1 aliphatic rings. The number of nitrogens with zero attached hydrogens (tertiary/aromatic N) is 2. The summed E-state index contributed by atoms with van der Waals surface area (Å²) in [5.41, 5.74) is 1.76. The van der Waals surface area contributed by atoms with E-state index in [9.17, 15) is 9.59 Å². The van der Waals surface area contributed by atoms with Crippen LogP contribution in [0.1, 0.15) is 31.0 Å². The number of carbonyl (C=O) groups excluding carboxylic acids is 1. The number of hydrogen-bond acceptors (Lipinski definition) is 8. The van der Waals surface area contributed by atoms with Crippen molar-refractivity contribution in [2.75, 3.05) is 26.9 Å². The number of thiazole rings is 1. The minimum atomic E-state index is -0.703. The second-order valence-corrected chi connectivity index (χ2v) is 11.2. The molecule has 43 heavy (non-hydrogen) atoms. The van der Waals surface area contributed by atoms with E-state index in [0.29, 0.717) is 48.4 Å². The smallest absolute Gasteiger partial charge is 0.338 e. The Morgan fingerprint density at radius 2 is 1.77 bits per heavy atom. The van der Waals surface area contributed by atoms with Gasteiger partial charge in [-0.2, -0.15) is 0 Å². The van der Waals surface area contributed by atoms with Crippen molar-refractivity contribution in [3.63, 3.8) is 0 Å². The molecule has 11 heteroatoms. The van der Waals surface area contributed by atoms with Crippen molar-refractivity contribution in [1.82, 2.24) is 4.57 Å². The molecule has 0 bridgehead atoms. The third kappa shape index (κ3) is 6.64. The predicted octanol–water partition coefficient (Wildman–Crippen LogP) is 5.57. The Kier molecular flexibility index (Phi) is 9.55. The van der Waals surface area contributed by atoms with Crippen molar-refractivity contribution in [3.05, 3.63) is 119 Å². The van der Waals surface area contributed by atoms with Crippen molar-refractivity contribution < 1.29 is 23.7 Å². The summed E-state index contributed by atoms with van der Waals surface area (Å²) in [5.74, 6) is 1.16. The largest absolute Gasteiger partial charge is 0.497 e. The Morgan fingerprint density at radius 1 is 1.02 bits per heavy atom. The van der Waals surface area contributed by atoms with Crippen molar-refractivity contribution in [3.8, 4) is 17.2 Å². The maximum Gasteiger partial charge on any atom is 0.338 e. The highest BCUT2D eigenvalue weighted by Gasteiger charge is 2.33. The first-order chi connectivity index (χ1) is 20.8. The van der Waals surface area contributed by atoms with Crippen LogP contribution >= 0.6 is 34.5 Å². The fourth-order valence-electron chi connectivity index (χ4n) is 4.72. The number of allylic oxidation sites excluding steroid dienone is 1. The van der Waals surface area contributed by atoms with E-state index in [1.54, 1.807) is 45.2 Å². The van der Waals surface area contributed by atoms with Crippen molar-refractivity contribution in [2.45, 2.75) is 19.9 Å². The van der Waals surface area contributed by atoms with Crippen molar-refractivity contribution in [2.24, 2.45) is 4.99 Å². The number of methoxy groups -OCH3 is 1. The van der Waals surface area contributed by atoms with E-state index in [0.717, 1.165) is 5.56 Å². The lowest BCUT2D eigenvalue weighted by atomic mass is 9.96. The standard InChI is InChI=1S/C32H28Cl2N2O6S/c1-4-40-31(38)27-19(2)35-32-36(28(27)20-9-6-5-7-10-20)30(37)26(43-32)16-21-15-22(33)17-25(34)29(21)42-14-13-41-24-12-8-11-23(18-24)39-3/h5-12,15-18,28H,4,13-14H2,1-3H3/t28-/m0/s1. The first kappa shape index (κ1) is 30.4. The van der Waals surface area contributed by atoms with E-state index >= 15 is 0 Å². The number of ether oxygens (including phenoxy) is 4. The molecule has 3 aromatic carbocycles. The average molecular weight is 640 g/mol. The number of rotatable bonds is 10. The molecule has 0 spiro atoms. The minimum absolute atomic E-state index is 0.177. The van der Waals surface area contributed by atoms with E-state index in [1.165, 1.54) is 15.9 Å². The second kappa shape index (κ2) is 13.5. The third-order valence-electron chi connectivity index (χ3n) is 6.60. The van der Waals surface area contributed by atoms with Gasteiger partial charge in [0.15, 0.2) is 4.80 Å². The quantitative estimate of drug-likeness (QED) is 0.167. The first-order valence-electron chi connectivity index (χ1n) is 13.4. The Labute approximate surface area is 262 Å². The van der Waals surface area contributed by atoms with Crippen LogP contribution in [0.5, 0.6) is 17.2 Å². The summed E-state index contributed by atoms with van der Waals surface area (Å²) >= 11 is 14.1. The topological polar surface area (TPSA) is 88.4 Å². The molecular formula is C32H28Cl2N2O6S. The zero-order valence-corrected chi connectivity index (χ0v) is 26.0. The molecule has 2 heterocycles. The number of benzene rings is 3. The number of carbonyl (C=O) groups is 1. The lowest BCUT2D eigenvalue weighted by Crippen LogP contribution is -2.39. The number of esters is 1. The Hall–Kier alpha value is -4.05. The van der Waals surface area contributed by atoms with Gasteiger partial charge in [-0.25, -0.2) is 9.79 Å². The van der Waals surface area contributed by atoms with Crippen LogP contribution in [0.3, 0.4) is 0 Å². The third-order valence-corrected chi connectivity index (χ3v) is 8.08. The summed E-state index contributed by atoms with van der Waals surface area (Å²) in [4.78, 5) is 32.1. The van der Waals surface area contributed by atoms with Crippen LogP contribution in [0.4, 0.5) is 0 Å². The van der Waals surface area contributed by atoms with Crippen LogP contribution in [0.2, 0.25) is 10.0 Å². The molecule has 8 nitrogen and oxygen atoms in total. The van der Waals surface area contributed by atoms with Gasteiger partial charge in [0.25, 0.3) is 5.56 Å². The summed E-state index contributed by atoms with van der Waals surface area (Å²) in [6.45, 7) is 4.10. The summed E-state index contributed by atoms with van der Waals surface area (Å²) < 4.78 is 24.3. The van der Waals surface area contributed by atoms with Gasteiger partial charge in [0.05, 0.1) is 40.6 Å². The van der Waals surface area contributed by atoms with E-state index in [2.05, 4.69) is 4.99 Å². The maximum absolute atomic E-state index is 14.0. The van der Waals surface area contributed by atoms with Crippen LogP contribution in [0, 0.1) is 0 Å². The molecule has 0 radical (unpaired) electrons. The Morgan fingerprint density at radius 3 is 2.51 bits per heavy atom. The van der Waals surface area contributed by atoms with Gasteiger partial charge in [0, 0.05) is 16.7 Å². The maximum atomic E-state index is 14.0. The van der Waals surface area contributed by atoms with Crippen molar-refractivity contribution >= 4 is 46.6 Å². The predicted molar refractivity (Wildman–Crippen MR) is 167 cm³/mol. The van der Waals surface area contributed by atoms with Crippen LogP contribution in [-0.4, -0.2) is 37.5 Å². The van der Waals surface area contributed by atoms with Gasteiger partial charge >= 0.3 is 5.97 Å². The average Bonchev–Trinajstić information content (AvgIpc) is 3.29. The number of hydrogen-bond donors (Lipinski definition) is 0. The number of aromatic nitrogens is 1. The zero-order chi connectivity index (χ0) is 30.5. The van der Waals surface area contributed by atoms with Gasteiger partial charge in [-0.15, -0.1) is 0 Å². The van der Waals surface area contributed by atoms with Gasteiger partial charge in [-0.05, 0) is 49.8 Å². The Balaban J connectivity index is 1.51. The minimum Gasteiger partial charge on any atom is -0.497 e. The summed E-state index contributed by atoms with van der Waals surface area (Å²) in [7, 11) is 1.59. The van der Waals surface area contributed by atoms with E-state index in [4.69, 9.17) is 42.1 Å². The fourth-order valence-corrected chi connectivity index (χ4v) is 6.32. The molecule has 1 aliphatic heterocycles. The van der Waals surface area contributed by atoms with E-state index in [1.807, 2.05) is 48.5 Å². The van der Waals surface area contributed by atoms with E-state index in [-0.39, 0.29) is 30.4 Å². The Bertz CT molecular complexity index is 1870. The van der Waals surface area contributed by atoms with Gasteiger partial charge in [0.2, 0.25) is 0 Å². The van der Waals surface area contributed by atoms with E-state index < -0.39 is 12.0 Å². The van der Waals surface area contributed by atoms with Gasteiger partial charge in [-0.1, -0.05) is 70.9 Å². The summed E-state index contributed by atoms with van der Waals surface area (Å²) in [6.07, 6.45) is 1.67. The first-order valence-corrected chi connectivity index (χ1v) is 15.0. The zero-order valence-electron chi connectivity index (χ0n) is 23.6. The van der Waals surface area contributed by atoms with Crippen LogP contribution in [-0.2, 0) is 9.53 Å². The van der Waals surface area contributed by atoms with Crippen LogP contribution in [0.15, 0.2) is 87.8 Å². The molecule has 0 saturated carbocycles. The molecule has 0 aliphatic carbocycles. The lowest BCUT2D eigenvalue weighted by Gasteiger charge is -2.24. The summed E-state index contributed by atoms with van der Waals surface area (Å²) in [5, 5.41) is 0.669. The highest BCUT2D eigenvalue weighted by atomic mass is 35.5. The van der Waals surface area contributed by atoms with Crippen LogP contribution in [0.25, 0.3) is 6.08 Å². The molecule has 0 saturated heterocycles. The highest BCUT2D eigenvalue weighted by Crippen LogP contribution is 2.34. The molecule has 222 valence electrons. The van der Waals surface area contributed by atoms with Gasteiger partial charge in [0.1, 0.15) is 30.5 Å². The van der Waals surface area contributed by atoms with Crippen molar-refractivity contribution in [1.29, 1.82) is 0 Å². The molecule has 0 fully saturated rings. The normalized spacial score (nSPS) is 14.6. The lowest BCUT2D eigenvalue weighted by molar-refractivity contribution is -0.139. The molecular weight excluding hydrogens is 611 g/mol. The van der Waals surface area contributed by atoms with Crippen LogP contribution < -0.4 is 29.1 Å². The monoisotopic (exact) mass is 638 g/mol. The molecule has 1 aromatic heterocycles. The SMILES string of the molecule is CCOC(=O)C1=C(C)N=c2sc(=Cc3cc(Cl)cc(Cl)c3OCCOc3cccc(OC)c3)c(=O)n2[C@H]1c1ccccc1. The molecule has 0 N–H and O–H groups in total.